The highest BCUT2D eigenvalue weighted by molar-refractivity contribution is 5.62. The molecule has 3 nitrogen and oxygen atoms in total. The number of hydrogen-bond donors (Lipinski definition) is 1. The molecule has 0 spiro atoms. The molecule has 0 bridgehead atoms. The van der Waals surface area contributed by atoms with Crippen molar-refractivity contribution < 1.29 is 9.52 Å². The van der Waals surface area contributed by atoms with Crippen molar-refractivity contribution in [2.24, 2.45) is 5.41 Å². The summed E-state index contributed by atoms with van der Waals surface area (Å²) in [5.74, 6) is 1.08. The maximum absolute atomic E-state index is 8.86. The molecule has 3 heteroatoms. The SMILES string of the molecule is CC1(C)C=Cc2nc(CO)oc2C=C1. The summed E-state index contributed by atoms with van der Waals surface area (Å²) in [6, 6.07) is 0. The minimum absolute atomic E-state index is 0.0304. The highest BCUT2D eigenvalue weighted by Crippen LogP contribution is 2.27. The Balaban J connectivity index is 2.44. The van der Waals surface area contributed by atoms with E-state index in [-0.39, 0.29) is 12.0 Å². The second kappa shape index (κ2) is 3.10. The number of aliphatic hydroxyl groups is 1. The van der Waals surface area contributed by atoms with Gasteiger partial charge in [-0.25, -0.2) is 4.98 Å². The van der Waals surface area contributed by atoms with Crippen LogP contribution in [0.5, 0.6) is 0 Å². The molecular formula is C11H13NO2. The molecule has 1 aromatic heterocycles. The van der Waals surface area contributed by atoms with E-state index in [9.17, 15) is 0 Å². The van der Waals surface area contributed by atoms with E-state index in [0.717, 1.165) is 11.5 Å². The number of nitrogens with zero attached hydrogens (tertiary/aromatic N) is 1. The summed E-state index contributed by atoms with van der Waals surface area (Å²) < 4.78 is 5.33. The number of hydrogen-bond acceptors (Lipinski definition) is 3. The lowest BCUT2D eigenvalue weighted by molar-refractivity contribution is 0.239. The van der Waals surface area contributed by atoms with Gasteiger partial charge in [-0.3, -0.25) is 0 Å². The third kappa shape index (κ3) is 1.63. The molecule has 1 aromatic rings. The Morgan fingerprint density at radius 1 is 1.36 bits per heavy atom. The van der Waals surface area contributed by atoms with Gasteiger partial charge in [-0.1, -0.05) is 26.0 Å². The Morgan fingerprint density at radius 2 is 2.07 bits per heavy atom. The van der Waals surface area contributed by atoms with Crippen LogP contribution >= 0.6 is 0 Å². The molecule has 1 N–H and O–H groups in total. The molecular weight excluding hydrogens is 178 g/mol. The van der Waals surface area contributed by atoms with Crippen molar-refractivity contribution >= 4 is 12.2 Å². The average molecular weight is 191 g/mol. The fourth-order valence-electron chi connectivity index (χ4n) is 1.34. The van der Waals surface area contributed by atoms with E-state index in [0.29, 0.717) is 5.89 Å². The number of fused-ring (bicyclic) bond motifs is 1. The van der Waals surface area contributed by atoms with Crippen LogP contribution in [0, 0.1) is 5.41 Å². The monoisotopic (exact) mass is 191 g/mol. The van der Waals surface area contributed by atoms with Gasteiger partial charge in [0.1, 0.15) is 12.3 Å². The van der Waals surface area contributed by atoms with E-state index in [1.807, 2.05) is 12.2 Å². The van der Waals surface area contributed by atoms with Gasteiger partial charge in [0, 0.05) is 5.41 Å². The Hall–Kier alpha value is -1.35. The molecule has 1 heterocycles. The lowest BCUT2D eigenvalue weighted by Gasteiger charge is -2.11. The van der Waals surface area contributed by atoms with Crippen LogP contribution in [0.15, 0.2) is 16.6 Å². The maximum Gasteiger partial charge on any atom is 0.221 e. The van der Waals surface area contributed by atoms with Crippen LogP contribution in [-0.2, 0) is 6.61 Å². The zero-order valence-corrected chi connectivity index (χ0v) is 8.32. The lowest BCUT2D eigenvalue weighted by Crippen LogP contribution is -2.00. The predicted molar refractivity (Wildman–Crippen MR) is 54.3 cm³/mol. The van der Waals surface area contributed by atoms with Crippen molar-refractivity contribution in [1.29, 1.82) is 0 Å². The summed E-state index contributed by atoms with van der Waals surface area (Å²) in [4.78, 5) is 4.14. The van der Waals surface area contributed by atoms with Gasteiger partial charge in [0.05, 0.1) is 0 Å². The largest absolute Gasteiger partial charge is 0.438 e. The van der Waals surface area contributed by atoms with Crippen LogP contribution in [0.25, 0.3) is 12.2 Å². The number of aliphatic hydroxyl groups excluding tert-OH is 1. The van der Waals surface area contributed by atoms with Gasteiger partial charge in [0.2, 0.25) is 5.89 Å². The van der Waals surface area contributed by atoms with E-state index in [1.54, 1.807) is 0 Å². The fraction of sp³-hybridized carbons (Fsp3) is 0.364. The number of rotatable bonds is 1. The van der Waals surface area contributed by atoms with Gasteiger partial charge >= 0.3 is 0 Å². The van der Waals surface area contributed by atoms with E-state index < -0.39 is 0 Å². The Bertz CT molecular complexity index is 366. The minimum atomic E-state index is -0.155. The molecule has 14 heavy (non-hydrogen) atoms. The molecule has 1 aliphatic carbocycles. The predicted octanol–water partition coefficient (Wildman–Crippen LogP) is 2.23. The van der Waals surface area contributed by atoms with Crippen molar-refractivity contribution in [3.63, 3.8) is 0 Å². The quantitative estimate of drug-likeness (QED) is 0.740. The first kappa shape index (κ1) is 9.21. The van der Waals surface area contributed by atoms with Gasteiger partial charge < -0.3 is 9.52 Å². The summed E-state index contributed by atoms with van der Waals surface area (Å²) in [5, 5.41) is 8.86. The summed E-state index contributed by atoms with van der Waals surface area (Å²) in [6.07, 6.45) is 7.96. The highest BCUT2D eigenvalue weighted by atomic mass is 16.4. The fourth-order valence-corrected chi connectivity index (χ4v) is 1.34. The molecule has 0 amide bonds. The van der Waals surface area contributed by atoms with Crippen LogP contribution in [0.2, 0.25) is 0 Å². The smallest absolute Gasteiger partial charge is 0.221 e. The van der Waals surface area contributed by atoms with Gasteiger partial charge in [-0.05, 0) is 12.2 Å². The molecule has 0 aliphatic heterocycles. The van der Waals surface area contributed by atoms with E-state index >= 15 is 0 Å². The Labute approximate surface area is 82.8 Å². The molecule has 0 radical (unpaired) electrons. The van der Waals surface area contributed by atoms with Crippen molar-refractivity contribution in [3.8, 4) is 0 Å². The van der Waals surface area contributed by atoms with Crippen molar-refractivity contribution in [1.82, 2.24) is 4.98 Å². The van der Waals surface area contributed by atoms with Crippen LogP contribution in [0.3, 0.4) is 0 Å². The molecule has 0 aromatic carbocycles. The second-order valence-electron chi connectivity index (χ2n) is 4.00. The molecule has 1 aliphatic rings. The van der Waals surface area contributed by atoms with Crippen LogP contribution in [0.1, 0.15) is 31.2 Å². The summed E-state index contributed by atoms with van der Waals surface area (Å²) in [5.41, 5.74) is 0.818. The van der Waals surface area contributed by atoms with Crippen molar-refractivity contribution in [2.75, 3.05) is 0 Å². The summed E-state index contributed by atoms with van der Waals surface area (Å²) in [6.45, 7) is 4.07. The first-order valence-corrected chi connectivity index (χ1v) is 4.60. The molecule has 74 valence electrons. The van der Waals surface area contributed by atoms with Crippen molar-refractivity contribution in [2.45, 2.75) is 20.5 Å². The van der Waals surface area contributed by atoms with E-state index in [2.05, 4.69) is 31.0 Å². The van der Waals surface area contributed by atoms with Gasteiger partial charge in [-0.2, -0.15) is 0 Å². The summed E-state index contributed by atoms with van der Waals surface area (Å²) in [7, 11) is 0. The molecule has 2 rings (SSSR count). The molecule has 0 saturated carbocycles. The topological polar surface area (TPSA) is 46.3 Å². The number of oxazole rings is 1. The molecule has 0 unspecified atom stereocenters. The number of aromatic nitrogens is 1. The third-order valence-corrected chi connectivity index (χ3v) is 2.20. The van der Waals surface area contributed by atoms with E-state index in [4.69, 9.17) is 9.52 Å². The first-order valence-electron chi connectivity index (χ1n) is 4.60. The third-order valence-electron chi connectivity index (χ3n) is 2.20. The maximum atomic E-state index is 8.86. The minimum Gasteiger partial charge on any atom is -0.438 e. The van der Waals surface area contributed by atoms with Crippen LogP contribution < -0.4 is 0 Å². The Kier molecular flexibility index (Phi) is 2.04. The molecule has 0 fully saturated rings. The van der Waals surface area contributed by atoms with Crippen LogP contribution in [-0.4, -0.2) is 10.1 Å². The Morgan fingerprint density at radius 3 is 2.79 bits per heavy atom. The second-order valence-corrected chi connectivity index (χ2v) is 4.00. The van der Waals surface area contributed by atoms with Crippen molar-refractivity contribution in [3.05, 3.63) is 29.5 Å². The zero-order chi connectivity index (χ0) is 10.2. The van der Waals surface area contributed by atoms with Crippen LogP contribution in [0.4, 0.5) is 0 Å². The first-order chi connectivity index (χ1) is 6.61. The molecule has 0 atom stereocenters. The standard InChI is InChI=1S/C11H13NO2/c1-11(2)5-3-8-9(4-6-11)14-10(7-13)12-8/h3-6,13H,7H2,1-2H3. The lowest BCUT2D eigenvalue weighted by atomic mass is 9.93. The number of allylic oxidation sites excluding steroid dienone is 2. The highest BCUT2D eigenvalue weighted by Gasteiger charge is 2.16. The average Bonchev–Trinajstić information content (AvgIpc) is 2.49. The zero-order valence-electron chi connectivity index (χ0n) is 8.32. The normalized spacial score (nSPS) is 17.9. The van der Waals surface area contributed by atoms with E-state index in [1.165, 1.54) is 0 Å². The molecule has 0 saturated heterocycles. The van der Waals surface area contributed by atoms with Gasteiger partial charge in [0.15, 0.2) is 5.76 Å². The summed E-state index contributed by atoms with van der Waals surface area (Å²) >= 11 is 0. The van der Waals surface area contributed by atoms with Gasteiger partial charge in [0.25, 0.3) is 0 Å². The van der Waals surface area contributed by atoms with Gasteiger partial charge in [-0.15, -0.1) is 0 Å².